The zero-order valence-corrected chi connectivity index (χ0v) is 13.4. The van der Waals surface area contributed by atoms with Gasteiger partial charge >= 0.3 is 5.91 Å². The van der Waals surface area contributed by atoms with Gasteiger partial charge < -0.3 is 20.7 Å². The van der Waals surface area contributed by atoms with Gasteiger partial charge in [0.05, 0.1) is 17.3 Å². The number of pyridine rings is 1. The summed E-state index contributed by atoms with van der Waals surface area (Å²) in [7, 11) is 0. The smallest absolute Gasteiger partial charge is 0.321 e. The molecule has 1 aliphatic heterocycles. The maximum Gasteiger partial charge on any atom is 0.321 e. The molecule has 124 valence electrons. The highest BCUT2D eigenvalue weighted by atomic mass is 35.5. The van der Waals surface area contributed by atoms with Crippen molar-refractivity contribution in [3.8, 4) is 0 Å². The van der Waals surface area contributed by atoms with Gasteiger partial charge in [-0.15, -0.1) is 0 Å². The number of piperazine rings is 1. The summed E-state index contributed by atoms with van der Waals surface area (Å²) in [5.41, 5.74) is 1.19. The Balaban J connectivity index is 1.76. The molecule has 0 atom stereocenters. The number of hydrogen-bond donors (Lipinski definition) is 2. The number of carbonyl (C=O) groups is 2. The van der Waals surface area contributed by atoms with Crippen LogP contribution >= 0.6 is 11.6 Å². The number of hydrogen-bond acceptors (Lipinski definition) is 4. The second-order valence-corrected chi connectivity index (χ2v) is 5.71. The van der Waals surface area contributed by atoms with Gasteiger partial charge in [0.25, 0.3) is 5.69 Å². The first-order chi connectivity index (χ1) is 11.5. The molecular formula is C16H15ClN4O3. The van der Waals surface area contributed by atoms with Crippen LogP contribution in [0.1, 0.15) is 10.5 Å². The summed E-state index contributed by atoms with van der Waals surface area (Å²) in [5, 5.41) is 17.4. The number of aromatic nitrogens is 1. The highest BCUT2D eigenvalue weighted by Gasteiger charge is 2.20. The van der Waals surface area contributed by atoms with E-state index in [-0.39, 0.29) is 18.1 Å². The third-order valence-electron chi connectivity index (χ3n) is 3.64. The predicted octanol–water partition coefficient (Wildman–Crippen LogP) is 1.16. The molecule has 2 aromatic rings. The number of carbonyl (C=O) groups excluding carboxylic acids is 2. The van der Waals surface area contributed by atoms with Gasteiger partial charge in [-0.25, -0.2) is 0 Å². The van der Waals surface area contributed by atoms with Crippen molar-refractivity contribution >= 4 is 34.8 Å². The molecule has 1 aromatic carbocycles. The van der Waals surface area contributed by atoms with Crippen LogP contribution in [0.2, 0.25) is 5.02 Å². The molecule has 1 fully saturated rings. The fraction of sp³-hybridized carbons (Fsp3) is 0.188. The molecule has 1 aromatic heterocycles. The monoisotopic (exact) mass is 346 g/mol. The molecular weight excluding hydrogens is 332 g/mol. The third-order valence-corrected chi connectivity index (χ3v) is 3.94. The average Bonchev–Trinajstić information content (AvgIpc) is 2.55. The van der Waals surface area contributed by atoms with Crippen LogP contribution in [0, 0.1) is 5.21 Å². The Hall–Kier alpha value is -2.80. The first kappa shape index (κ1) is 16.1. The van der Waals surface area contributed by atoms with Crippen molar-refractivity contribution in [1.29, 1.82) is 0 Å². The molecule has 0 spiro atoms. The zero-order chi connectivity index (χ0) is 17.1. The lowest BCUT2D eigenvalue weighted by Crippen LogP contribution is -2.47. The Morgan fingerprint density at radius 3 is 2.88 bits per heavy atom. The van der Waals surface area contributed by atoms with Gasteiger partial charge in [0.1, 0.15) is 0 Å². The molecule has 0 unspecified atom stereocenters. The minimum absolute atomic E-state index is 0.00889. The first-order valence-electron chi connectivity index (χ1n) is 7.35. The van der Waals surface area contributed by atoms with Crippen LogP contribution in [0.3, 0.4) is 0 Å². The van der Waals surface area contributed by atoms with Crippen LogP contribution in [-0.2, 0) is 4.79 Å². The molecule has 7 nitrogen and oxygen atoms in total. The van der Waals surface area contributed by atoms with E-state index in [4.69, 9.17) is 11.6 Å². The van der Waals surface area contributed by atoms with E-state index in [0.29, 0.717) is 28.5 Å². The maximum absolute atomic E-state index is 12.1. The molecule has 1 saturated heterocycles. The van der Waals surface area contributed by atoms with E-state index in [1.165, 1.54) is 12.3 Å². The van der Waals surface area contributed by atoms with Crippen LogP contribution < -0.4 is 20.3 Å². The van der Waals surface area contributed by atoms with Crippen molar-refractivity contribution in [2.24, 2.45) is 0 Å². The van der Waals surface area contributed by atoms with E-state index >= 15 is 0 Å². The molecule has 2 heterocycles. The van der Waals surface area contributed by atoms with Gasteiger partial charge in [0.2, 0.25) is 5.91 Å². The SMILES string of the molecule is O=C1CN(c2ccc(NC(=O)c3cccc[n+]3[O-])cc2Cl)CCN1. The lowest BCUT2D eigenvalue weighted by atomic mass is 10.2. The van der Waals surface area contributed by atoms with Gasteiger partial charge in [-0.3, -0.25) is 9.59 Å². The average molecular weight is 347 g/mol. The molecule has 0 aliphatic carbocycles. The summed E-state index contributed by atoms with van der Waals surface area (Å²) >= 11 is 6.28. The van der Waals surface area contributed by atoms with Crippen LogP contribution in [0.5, 0.6) is 0 Å². The lowest BCUT2D eigenvalue weighted by molar-refractivity contribution is -0.607. The van der Waals surface area contributed by atoms with Crippen LogP contribution in [0.15, 0.2) is 42.6 Å². The highest BCUT2D eigenvalue weighted by Crippen LogP contribution is 2.29. The van der Waals surface area contributed by atoms with Gasteiger partial charge in [-0.1, -0.05) is 11.6 Å². The Labute approximate surface area is 143 Å². The second kappa shape index (κ2) is 6.76. The minimum Gasteiger partial charge on any atom is -0.618 e. The summed E-state index contributed by atoms with van der Waals surface area (Å²) in [4.78, 5) is 25.5. The van der Waals surface area contributed by atoms with E-state index in [2.05, 4.69) is 10.6 Å². The topological polar surface area (TPSA) is 88.4 Å². The molecule has 1 aliphatic rings. The van der Waals surface area contributed by atoms with Crippen LogP contribution in [-0.4, -0.2) is 31.4 Å². The Morgan fingerprint density at radius 2 is 2.17 bits per heavy atom. The summed E-state index contributed by atoms with van der Waals surface area (Å²) in [6, 6.07) is 9.62. The second-order valence-electron chi connectivity index (χ2n) is 5.30. The van der Waals surface area contributed by atoms with Crippen molar-refractivity contribution in [3.05, 3.63) is 58.5 Å². The fourth-order valence-electron chi connectivity index (χ4n) is 2.48. The number of nitrogens with zero attached hydrogens (tertiary/aromatic N) is 2. The minimum atomic E-state index is -0.522. The highest BCUT2D eigenvalue weighted by molar-refractivity contribution is 6.33. The number of benzene rings is 1. The Kier molecular flexibility index (Phi) is 4.52. The van der Waals surface area contributed by atoms with Crippen LogP contribution in [0.25, 0.3) is 0 Å². The predicted molar refractivity (Wildman–Crippen MR) is 90.0 cm³/mol. The molecule has 0 saturated carbocycles. The van der Waals surface area contributed by atoms with Gasteiger partial charge in [0, 0.05) is 30.9 Å². The van der Waals surface area contributed by atoms with Gasteiger partial charge in [-0.2, -0.15) is 4.73 Å². The van der Waals surface area contributed by atoms with E-state index in [9.17, 15) is 14.8 Å². The van der Waals surface area contributed by atoms with Crippen LogP contribution in [0.4, 0.5) is 11.4 Å². The quantitative estimate of drug-likeness (QED) is 0.645. The number of anilines is 2. The summed E-state index contributed by atoms with van der Waals surface area (Å²) < 4.78 is 0.498. The summed E-state index contributed by atoms with van der Waals surface area (Å²) in [6.07, 6.45) is 1.26. The summed E-state index contributed by atoms with van der Waals surface area (Å²) in [5.74, 6) is -0.578. The van der Waals surface area contributed by atoms with Crippen molar-refractivity contribution in [3.63, 3.8) is 0 Å². The Bertz CT molecular complexity index is 797. The normalized spacial score (nSPS) is 14.2. The largest absolute Gasteiger partial charge is 0.618 e. The molecule has 0 radical (unpaired) electrons. The molecule has 3 rings (SSSR count). The molecule has 2 N–H and O–H groups in total. The molecule has 0 bridgehead atoms. The lowest BCUT2D eigenvalue weighted by Gasteiger charge is -2.29. The maximum atomic E-state index is 12.1. The molecule has 8 heteroatoms. The number of amides is 2. The Morgan fingerprint density at radius 1 is 1.33 bits per heavy atom. The van der Waals surface area contributed by atoms with Crippen molar-refractivity contribution in [2.45, 2.75) is 0 Å². The van der Waals surface area contributed by atoms with E-state index in [1.54, 1.807) is 30.3 Å². The van der Waals surface area contributed by atoms with E-state index in [1.807, 2.05) is 4.90 Å². The zero-order valence-electron chi connectivity index (χ0n) is 12.7. The van der Waals surface area contributed by atoms with E-state index < -0.39 is 5.91 Å². The molecule has 24 heavy (non-hydrogen) atoms. The van der Waals surface area contributed by atoms with Crippen molar-refractivity contribution in [2.75, 3.05) is 29.9 Å². The van der Waals surface area contributed by atoms with Crippen molar-refractivity contribution in [1.82, 2.24) is 5.32 Å². The third kappa shape index (κ3) is 3.41. The molecule has 2 amide bonds. The van der Waals surface area contributed by atoms with Crippen molar-refractivity contribution < 1.29 is 14.3 Å². The van der Waals surface area contributed by atoms with Gasteiger partial charge in [-0.05, 0) is 24.3 Å². The van der Waals surface area contributed by atoms with Gasteiger partial charge in [0.15, 0.2) is 6.20 Å². The standard InChI is InChI=1S/C16H15ClN4O3/c17-12-9-11(19-16(23)14-3-1-2-7-21(14)24)4-5-13(12)20-8-6-18-15(22)10-20/h1-5,7,9H,6,8,10H2,(H,18,22)(H,19,23). The first-order valence-corrected chi connectivity index (χ1v) is 7.73. The fourth-order valence-corrected chi connectivity index (χ4v) is 2.78. The number of nitrogens with one attached hydrogen (secondary N) is 2. The number of rotatable bonds is 3. The summed E-state index contributed by atoms with van der Waals surface area (Å²) in [6.45, 7) is 1.47. The number of halogens is 1. The van der Waals surface area contributed by atoms with E-state index in [0.717, 1.165) is 5.69 Å².